The standard InChI is InChI=1S/C19H19FN4O5/c1-13(25)14-2-4-17(16(20)10-14)21-6-8-22(9-7-21)19(27)12-23-11-15(24(28)29)3-5-18(23)26/h2-5,10-11H,6-9,12H2,1H3. The van der Waals surface area contributed by atoms with Gasteiger partial charge in [0, 0.05) is 43.9 Å². The van der Waals surface area contributed by atoms with Crippen LogP contribution in [0.1, 0.15) is 17.3 Å². The molecule has 1 aromatic carbocycles. The zero-order valence-electron chi connectivity index (χ0n) is 15.7. The number of benzene rings is 1. The van der Waals surface area contributed by atoms with E-state index in [-0.39, 0.29) is 23.9 Å². The molecule has 0 unspecified atom stereocenters. The molecular formula is C19H19FN4O5. The topological polar surface area (TPSA) is 106 Å². The molecule has 1 aliphatic rings. The number of rotatable bonds is 5. The van der Waals surface area contributed by atoms with Crippen molar-refractivity contribution in [2.45, 2.75) is 13.5 Å². The molecule has 0 atom stereocenters. The third-order valence-electron chi connectivity index (χ3n) is 4.81. The fraction of sp³-hybridized carbons (Fsp3) is 0.316. The summed E-state index contributed by atoms with van der Waals surface area (Å²) in [5, 5.41) is 10.8. The van der Waals surface area contributed by atoms with Crippen molar-refractivity contribution in [2.24, 2.45) is 0 Å². The molecular weight excluding hydrogens is 383 g/mol. The highest BCUT2D eigenvalue weighted by molar-refractivity contribution is 5.94. The van der Waals surface area contributed by atoms with E-state index in [9.17, 15) is 28.9 Å². The molecule has 152 valence electrons. The number of hydrogen-bond donors (Lipinski definition) is 0. The number of aromatic nitrogens is 1. The Hall–Kier alpha value is -3.56. The molecule has 1 saturated heterocycles. The second-order valence-electron chi connectivity index (χ2n) is 6.70. The van der Waals surface area contributed by atoms with Crippen LogP contribution in [0, 0.1) is 15.9 Å². The number of hydrogen-bond acceptors (Lipinski definition) is 6. The Labute approximate surface area is 165 Å². The summed E-state index contributed by atoms with van der Waals surface area (Å²) < 4.78 is 15.3. The van der Waals surface area contributed by atoms with Crippen molar-refractivity contribution in [3.8, 4) is 0 Å². The number of amides is 1. The summed E-state index contributed by atoms with van der Waals surface area (Å²) in [5.41, 5.74) is -0.124. The van der Waals surface area contributed by atoms with Crippen molar-refractivity contribution in [1.29, 1.82) is 0 Å². The lowest BCUT2D eigenvalue weighted by Gasteiger charge is -2.36. The number of Topliss-reactive ketones (excluding diaryl/α,β-unsaturated/α-hetero) is 1. The molecule has 1 amide bonds. The van der Waals surface area contributed by atoms with E-state index in [0.29, 0.717) is 37.4 Å². The van der Waals surface area contributed by atoms with E-state index in [1.54, 1.807) is 17.0 Å². The highest BCUT2D eigenvalue weighted by Crippen LogP contribution is 2.22. The molecule has 0 aliphatic carbocycles. The maximum Gasteiger partial charge on any atom is 0.285 e. The summed E-state index contributed by atoms with van der Waals surface area (Å²) in [5.74, 6) is -1.07. The van der Waals surface area contributed by atoms with E-state index in [0.717, 1.165) is 22.9 Å². The first-order chi connectivity index (χ1) is 13.8. The van der Waals surface area contributed by atoms with Gasteiger partial charge in [-0.3, -0.25) is 29.1 Å². The Morgan fingerprint density at radius 2 is 1.83 bits per heavy atom. The molecule has 10 heteroatoms. The largest absolute Gasteiger partial charge is 0.366 e. The van der Waals surface area contributed by atoms with Gasteiger partial charge in [-0.05, 0) is 25.1 Å². The number of carbonyl (C=O) groups excluding carboxylic acids is 2. The van der Waals surface area contributed by atoms with Gasteiger partial charge in [-0.25, -0.2) is 4.39 Å². The maximum absolute atomic E-state index is 14.3. The number of nitro groups is 1. The fourth-order valence-corrected chi connectivity index (χ4v) is 3.18. The van der Waals surface area contributed by atoms with Crippen LogP contribution in [0.15, 0.2) is 41.3 Å². The Morgan fingerprint density at radius 3 is 2.41 bits per heavy atom. The van der Waals surface area contributed by atoms with Crippen LogP contribution >= 0.6 is 0 Å². The summed E-state index contributed by atoms with van der Waals surface area (Å²) >= 11 is 0. The summed E-state index contributed by atoms with van der Waals surface area (Å²) in [6, 6.07) is 6.45. The van der Waals surface area contributed by atoms with Gasteiger partial charge in [0.2, 0.25) is 5.91 Å². The van der Waals surface area contributed by atoms with Gasteiger partial charge in [0.05, 0.1) is 16.8 Å². The zero-order chi connectivity index (χ0) is 21.1. The third-order valence-corrected chi connectivity index (χ3v) is 4.81. The lowest BCUT2D eigenvalue weighted by atomic mass is 10.1. The summed E-state index contributed by atoms with van der Waals surface area (Å²) in [4.78, 5) is 49.2. The first-order valence-corrected chi connectivity index (χ1v) is 8.94. The van der Waals surface area contributed by atoms with Crippen molar-refractivity contribution < 1.29 is 18.9 Å². The summed E-state index contributed by atoms with van der Waals surface area (Å²) in [6.07, 6.45) is 1.04. The molecule has 29 heavy (non-hydrogen) atoms. The van der Waals surface area contributed by atoms with Crippen LogP contribution in [0.3, 0.4) is 0 Å². The van der Waals surface area contributed by atoms with E-state index < -0.39 is 16.3 Å². The number of nitrogens with zero attached hydrogens (tertiary/aromatic N) is 4. The van der Waals surface area contributed by atoms with Crippen molar-refractivity contribution in [1.82, 2.24) is 9.47 Å². The molecule has 0 spiro atoms. The maximum atomic E-state index is 14.3. The normalized spacial score (nSPS) is 14.0. The molecule has 2 heterocycles. The quantitative estimate of drug-likeness (QED) is 0.426. The van der Waals surface area contributed by atoms with E-state index in [1.807, 2.05) is 0 Å². The van der Waals surface area contributed by atoms with Crippen LogP contribution < -0.4 is 10.5 Å². The monoisotopic (exact) mass is 402 g/mol. The average Bonchev–Trinajstić information content (AvgIpc) is 2.69. The molecule has 0 N–H and O–H groups in total. The smallest absolute Gasteiger partial charge is 0.285 e. The van der Waals surface area contributed by atoms with Gasteiger partial charge < -0.3 is 9.80 Å². The van der Waals surface area contributed by atoms with Crippen molar-refractivity contribution in [3.63, 3.8) is 0 Å². The summed E-state index contributed by atoms with van der Waals surface area (Å²) in [7, 11) is 0. The van der Waals surface area contributed by atoms with Crippen molar-refractivity contribution in [3.05, 3.63) is 68.4 Å². The number of piperazine rings is 1. The van der Waals surface area contributed by atoms with Gasteiger partial charge in [0.25, 0.3) is 11.2 Å². The highest BCUT2D eigenvalue weighted by atomic mass is 19.1. The van der Waals surface area contributed by atoms with Gasteiger partial charge in [0.15, 0.2) is 5.78 Å². The number of halogens is 1. The second kappa shape index (κ2) is 8.21. The molecule has 9 nitrogen and oxygen atoms in total. The number of anilines is 1. The second-order valence-corrected chi connectivity index (χ2v) is 6.70. The molecule has 3 rings (SSSR count). The van der Waals surface area contributed by atoms with E-state index >= 15 is 0 Å². The first-order valence-electron chi connectivity index (χ1n) is 8.94. The number of carbonyl (C=O) groups is 2. The number of ketones is 1. The Balaban J connectivity index is 1.64. The third kappa shape index (κ3) is 4.48. The van der Waals surface area contributed by atoms with Crippen LogP contribution in [0.4, 0.5) is 15.8 Å². The van der Waals surface area contributed by atoms with Crippen LogP contribution in [0.25, 0.3) is 0 Å². The Kier molecular flexibility index (Phi) is 5.71. The predicted molar refractivity (Wildman–Crippen MR) is 103 cm³/mol. The summed E-state index contributed by atoms with van der Waals surface area (Å²) in [6.45, 7) is 2.46. The molecule has 2 aromatic rings. The van der Waals surface area contributed by atoms with Gasteiger partial charge in [0.1, 0.15) is 12.4 Å². The van der Waals surface area contributed by atoms with Crippen LogP contribution in [0.2, 0.25) is 0 Å². The van der Waals surface area contributed by atoms with Crippen molar-refractivity contribution in [2.75, 3.05) is 31.1 Å². The molecule has 1 fully saturated rings. The Bertz CT molecular complexity index is 1030. The van der Waals surface area contributed by atoms with Gasteiger partial charge >= 0.3 is 0 Å². The molecule has 1 aromatic heterocycles. The van der Waals surface area contributed by atoms with Gasteiger partial charge in [-0.1, -0.05) is 0 Å². The van der Waals surface area contributed by atoms with E-state index in [1.165, 1.54) is 17.9 Å². The first kappa shape index (κ1) is 20.2. The van der Waals surface area contributed by atoms with Crippen LogP contribution in [-0.4, -0.2) is 52.3 Å². The molecule has 1 aliphatic heterocycles. The fourth-order valence-electron chi connectivity index (χ4n) is 3.18. The van der Waals surface area contributed by atoms with Gasteiger partial charge in [-0.15, -0.1) is 0 Å². The van der Waals surface area contributed by atoms with E-state index in [2.05, 4.69) is 0 Å². The average molecular weight is 402 g/mol. The zero-order valence-corrected chi connectivity index (χ0v) is 15.7. The lowest BCUT2D eigenvalue weighted by molar-refractivity contribution is -0.385. The number of pyridine rings is 1. The Morgan fingerprint density at radius 1 is 1.14 bits per heavy atom. The minimum atomic E-state index is -0.634. The van der Waals surface area contributed by atoms with Crippen LogP contribution in [0.5, 0.6) is 0 Å². The SMILES string of the molecule is CC(=O)c1ccc(N2CCN(C(=O)Cn3cc([N+](=O)[O-])ccc3=O)CC2)c(F)c1. The van der Waals surface area contributed by atoms with Gasteiger partial charge in [-0.2, -0.15) is 0 Å². The predicted octanol–water partition coefficient (Wildman–Crippen LogP) is 1.45. The van der Waals surface area contributed by atoms with Crippen LogP contribution in [-0.2, 0) is 11.3 Å². The molecule has 0 radical (unpaired) electrons. The van der Waals surface area contributed by atoms with E-state index in [4.69, 9.17) is 0 Å². The van der Waals surface area contributed by atoms with Crippen molar-refractivity contribution >= 4 is 23.1 Å². The minimum absolute atomic E-state index is 0.220. The lowest BCUT2D eigenvalue weighted by Crippen LogP contribution is -2.50. The molecule has 0 bridgehead atoms. The minimum Gasteiger partial charge on any atom is -0.366 e. The highest BCUT2D eigenvalue weighted by Gasteiger charge is 2.24. The molecule has 0 saturated carbocycles.